The molecular formula is C17H18N4S. The number of rotatable bonds is 6. The first-order valence-corrected chi connectivity index (χ1v) is 8.33. The number of aromatic nitrogens is 4. The lowest BCUT2D eigenvalue weighted by Gasteiger charge is -2.05. The molecule has 0 saturated carbocycles. The monoisotopic (exact) mass is 310 g/mol. The highest BCUT2D eigenvalue weighted by Crippen LogP contribution is 2.19. The van der Waals surface area contributed by atoms with E-state index in [0.29, 0.717) is 0 Å². The van der Waals surface area contributed by atoms with Crippen LogP contribution in [0, 0.1) is 6.92 Å². The van der Waals surface area contributed by atoms with E-state index < -0.39 is 0 Å². The van der Waals surface area contributed by atoms with Gasteiger partial charge in [-0.05, 0) is 47.9 Å². The molecular weight excluding hydrogens is 292 g/mol. The third kappa shape index (κ3) is 3.74. The van der Waals surface area contributed by atoms with Crippen LogP contribution in [0.25, 0.3) is 5.69 Å². The van der Waals surface area contributed by atoms with Crippen molar-refractivity contribution in [3.05, 3.63) is 65.7 Å². The van der Waals surface area contributed by atoms with Crippen LogP contribution < -0.4 is 0 Å². The molecule has 0 saturated heterocycles. The highest BCUT2D eigenvalue weighted by atomic mass is 32.2. The maximum atomic E-state index is 4.12. The van der Waals surface area contributed by atoms with Crippen LogP contribution in [0.15, 0.2) is 59.8 Å². The lowest BCUT2D eigenvalue weighted by molar-refractivity contribution is 0.755. The Morgan fingerprint density at radius 2 is 1.77 bits per heavy atom. The minimum atomic E-state index is 0.844. The van der Waals surface area contributed by atoms with E-state index in [1.807, 2.05) is 18.2 Å². The van der Waals surface area contributed by atoms with Crippen LogP contribution in [0.3, 0.4) is 0 Å². The summed E-state index contributed by atoms with van der Waals surface area (Å²) in [5, 5.41) is 12.9. The largest absolute Gasteiger partial charge is 0.214 e. The predicted molar refractivity (Wildman–Crippen MR) is 89.4 cm³/mol. The zero-order chi connectivity index (χ0) is 15.2. The van der Waals surface area contributed by atoms with Crippen LogP contribution in [-0.4, -0.2) is 26.0 Å². The second-order valence-corrected chi connectivity index (χ2v) is 6.21. The van der Waals surface area contributed by atoms with E-state index >= 15 is 0 Å². The van der Waals surface area contributed by atoms with E-state index in [1.165, 1.54) is 11.1 Å². The summed E-state index contributed by atoms with van der Waals surface area (Å²) >= 11 is 1.70. The number of tetrazole rings is 1. The molecule has 0 aliphatic carbocycles. The van der Waals surface area contributed by atoms with Gasteiger partial charge in [-0.3, -0.25) is 0 Å². The fourth-order valence-electron chi connectivity index (χ4n) is 2.20. The normalized spacial score (nSPS) is 10.8. The van der Waals surface area contributed by atoms with Gasteiger partial charge in [-0.25, -0.2) is 0 Å². The molecule has 112 valence electrons. The molecule has 0 N–H and O–H groups in total. The van der Waals surface area contributed by atoms with E-state index in [0.717, 1.165) is 29.4 Å². The predicted octanol–water partition coefficient (Wildman–Crippen LogP) is 3.70. The summed E-state index contributed by atoms with van der Waals surface area (Å²) in [4.78, 5) is 0. The van der Waals surface area contributed by atoms with E-state index in [1.54, 1.807) is 16.4 Å². The van der Waals surface area contributed by atoms with Crippen LogP contribution in [0.5, 0.6) is 0 Å². The van der Waals surface area contributed by atoms with Crippen molar-refractivity contribution in [2.45, 2.75) is 24.9 Å². The first-order chi connectivity index (χ1) is 10.8. The maximum Gasteiger partial charge on any atom is 0.214 e. The molecule has 0 amide bonds. The van der Waals surface area contributed by atoms with E-state index in [2.05, 4.69) is 58.8 Å². The highest BCUT2D eigenvalue weighted by Gasteiger charge is 2.08. The Morgan fingerprint density at radius 3 is 2.55 bits per heavy atom. The molecule has 0 unspecified atom stereocenters. The van der Waals surface area contributed by atoms with Crippen molar-refractivity contribution >= 4 is 11.8 Å². The highest BCUT2D eigenvalue weighted by molar-refractivity contribution is 7.99. The van der Waals surface area contributed by atoms with E-state index in [9.17, 15) is 0 Å². The molecule has 22 heavy (non-hydrogen) atoms. The molecule has 0 fully saturated rings. The van der Waals surface area contributed by atoms with Gasteiger partial charge in [0.15, 0.2) is 0 Å². The Labute approximate surface area is 134 Å². The topological polar surface area (TPSA) is 43.6 Å². The summed E-state index contributed by atoms with van der Waals surface area (Å²) in [6.07, 6.45) is 2.19. The van der Waals surface area contributed by atoms with Gasteiger partial charge in [0.1, 0.15) is 0 Å². The van der Waals surface area contributed by atoms with Crippen molar-refractivity contribution in [3.63, 3.8) is 0 Å². The van der Waals surface area contributed by atoms with Crippen molar-refractivity contribution in [2.75, 3.05) is 5.75 Å². The van der Waals surface area contributed by atoms with Gasteiger partial charge in [0, 0.05) is 5.75 Å². The second-order valence-electron chi connectivity index (χ2n) is 5.15. The summed E-state index contributed by atoms with van der Waals surface area (Å²) < 4.78 is 1.80. The third-order valence-electron chi connectivity index (χ3n) is 3.40. The van der Waals surface area contributed by atoms with Crippen LogP contribution in [-0.2, 0) is 6.42 Å². The summed E-state index contributed by atoms with van der Waals surface area (Å²) in [5.41, 5.74) is 3.61. The van der Waals surface area contributed by atoms with Crippen LogP contribution in [0.1, 0.15) is 17.5 Å². The molecule has 1 heterocycles. The van der Waals surface area contributed by atoms with Gasteiger partial charge >= 0.3 is 0 Å². The Bertz CT molecular complexity index is 707. The molecule has 4 nitrogen and oxygen atoms in total. The summed E-state index contributed by atoms with van der Waals surface area (Å²) in [6.45, 7) is 2.07. The molecule has 5 heteroatoms. The van der Waals surface area contributed by atoms with Gasteiger partial charge in [-0.2, -0.15) is 4.68 Å². The van der Waals surface area contributed by atoms with Crippen LogP contribution in [0.2, 0.25) is 0 Å². The first kappa shape index (κ1) is 14.8. The van der Waals surface area contributed by atoms with E-state index in [-0.39, 0.29) is 0 Å². The minimum absolute atomic E-state index is 0.844. The molecule has 0 aliphatic heterocycles. The van der Waals surface area contributed by atoms with Crippen molar-refractivity contribution in [3.8, 4) is 5.69 Å². The van der Waals surface area contributed by atoms with Gasteiger partial charge in [0.25, 0.3) is 0 Å². The molecule has 3 rings (SSSR count). The van der Waals surface area contributed by atoms with Crippen molar-refractivity contribution in [2.24, 2.45) is 0 Å². The van der Waals surface area contributed by atoms with Gasteiger partial charge in [-0.15, -0.1) is 5.10 Å². The average Bonchev–Trinajstić information content (AvgIpc) is 3.02. The number of benzene rings is 2. The first-order valence-electron chi connectivity index (χ1n) is 7.35. The van der Waals surface area contributed by atoms with E-state index in [4.69, 9.17) is 0 Å². The molecule has 0 bridgehead atoms. The van der Waals surface area contributed by atoms with Gasteiger partial charge in [0.2, 0.25) is 5.16 Å². The smallest absolute Gasteiger partial charge is 0.188 e. The number of hydrogen-bond donors (Lipinski definition) is 0. The SMILES string of the molecule is Cc1ccc(-n2nnnc2SCCCc2ccccc2)cc1. The molecule has 0 atom stereocenters. The second kappa shape index (κ2) is 7.22. The number of aryl methyl sites for hydroxylation is 2. The summed E-state index contributed by atoms with van der Waals surface area (Å²) in [5.74, 6) is 1.00. The summed E-state index contributed by atoms with van der Waals surface area (Å²) in [6, 6.07) is 18.8. The molecule has 0 aliphatic rings. The third-order valence-corrected chi connectivity index (χ3v) is 4.41. The van der Waals surface area contributed by atoms with Crippen molar-refractivity contribution in [1.82, 2.24) is 20.2 Å². The van der Waals surface area contributed by atoms with Crippen molar-refractivity contribution < 1.29 is 0 Å². The minimum Gasteiger partial charge on any atom is -0.188 e. The Morgan fingerprint density at radius 1 is 1.00 bits per heavy atom. The molecule has 3 aromatic rings. The van der Waals surface area contributed by atoms with Crippen LogP contribution >= 0.6 is 11.8 Å². The molecule has 2 aromatic carbocycles. The lowest BCUT2D eigenvalue weighted by Crippen LogP contribution is -1.99. The number of hydrogen-bond acceptors (Lipinski definition) is 4. The fourth-order valence-corrected chi connectivity index (χ4v) is 3.03. The van der Waals surface area contributed by atoms with Crippen LogP contribution in [0.4, 0.5) is 0 Å². The standard InChI is InChI=1S/C17H18N4S/c1-14-9-11-16(12-10-14)21-17(18-19-20-21)22-13-5-8-15-6-3-2-4-7-15/h2-4,6-7,9-12H,5,8,13H2,1H3. The zero-order valence-electron chi connectivity index (χ0n) is 12.5. The summed E-state index contributed by atoms with van der Waals surface area (Å²) in [7, 11) is 0. The quantitative estimate of drug-likeness (QED) is 0.514. The Hall–Kier alpha value is -2.14. The molecule has 1 aromatic heterocycles. The Kier molecular flexibility index (Phi) is 4.85. The van der Waals surface area contributed by atoms with Gasteiger partial charge < -0.3 is 0 Å². The van der Waals surface area contributed by atoms with Gasteiger partial charge in [0.05, 0.1) is 5.69 Å². The van der Waals surface area contributed by atoms with Crippen molar-refractivity contribution in [1.29, 1.82) is 0 Å². The molecule has 0 radical (unpaired) electrons. The zero-order valence-corrected chi connectivity index (χ0v) is 13.3. The fraction of sp³-hybridized carbons (Fsp3) is 0.235. The number of nitrogens with zero attached hydrogens (tertiary/aromatic N) is 4. The van der Waals surface area contributed by atoms with Gasteiger partial charge in [-0.1, -0.05) is 59.8 Å². The maximum absolute atomic E-state index is 4.12. The average molecular weight is 310 g/mol. The lowest BCUT2D eigenvalue weighted by atomic mass is 10.1. The molecule has 0 spiro atoms. The number of thioether (sulfide) groups is 1. The Balaban J connectivity index is 1.57.